The van der Waals surface area contributed by atoms with Gasteiger partial charge in [0.05, 0.1) is 7.11 Å². The predicted octanol–water partition coefficient (Wildman–Crippen LogP) is 1.69. The lowest BCUT2D eigenvalue weighted by atomic mass is 10.2. The van der Waals surface area contributed by atoms with E-state index in [1.165, 1.54) is 7.11 Å². The van der Waals surface area contributed by atoms with Crippen molar-refractivity contribution in [2.45, 2.75) is 19.3 Å². The molecule has 0 rings (SSSR count). The molecule has 0 aromatic heterocycles. The van der Waals surface area contributed by atoms with E-state index in [1.807, 2.05) is 0 Å². The summed E-state index contributed by atoms with van der Waals surface area (Å²) in [6.07, 6.45) is 2.71. The zero-order valence-electron chi connectivity index (χ0n) is 7.30. The van der Waals surface area contributed by atoms with Crippen LogP contribution < -0.4 is 0 Å². The van der Waals surface area contributed by atoms with Crippen molar-refractivity contribution < 1.29 is 9.53 Å². The number of methoxy groups -OCH3 is 1. The minimum absolute atomic E-state index is 0.269. The van der Waals surface area contributed by atoms with E-state index in [4.69, 9.17) is 0 Å². The molecule has 0 N–H and O–H groups in total. The van der Waals surface area contributed by atoms with Crippen LogP contribution in [-0.2, 0) is 4.74 Å². The van der Waals surface area contributed by atoms with Crippen LogP contribution in [0.15, 0.2) is 0 Å². The second-order valence-electron chi connectivity index (χ2n) is 2.45. The van der Waals surface area contributed by atoms with E-state index >= 15 is 0 Å². The van der Waals surface area contributed by atoms with Crippen molar-refractivity contribution in [3.8, 4) is 0 Å². The Bertz CT molecular complexity index is 115. The molecule has 11 heavy (non-hydrogen) atoms. The van der Waals surface area contributed by atoms with Crippen LogP contribution in [-0.4, -0.2) is 31.7 Å². The first-order chi connectivity index (χ1) is 5.22. The van der Waals surface area contributed by atoms with Crippen molar-refractivity contribution in [1.82, 2.24) is 4.90 Å². The minimum Gasteiger partial charge on any atom is -0.453 e. The molecule has 0 aromatic carbocycles. The van der Waals surface area contributed by atoms with Crippen molar-refractivity contribution in [3.05, 3.63) is 6.92 Å². The lowest BCUT2D eigenvalue weighted by Crippen LogP contribution is -2.27. The smallest absolute Gasteiger partial charge is 0.409 e. The molecule has 65 valence electrons. The Labute approximate surface area is 68.3 Å². The molecular formula is C8H16NO2. The fourth-order valence-electron chi connectivity index (χ4n) is 0.773. The number of unbranched alkanes of at least 4 members (excludes halogenated alkanes) is 2. The fourth-order valence-corrected chi connectivity index (χ4v) is 0.773. The SMILES string of the molecule is [CH2]CCCCN(C)C(=O)OC. The largest absolute Gasteiger partial charge is 0.453 e. The van der Waals surface area contributed by atoms with Gasteiger partial charge in [-0.1, -0.05) is 19.8 Å². The monoisotopic (exact) mass is 158 g/mol. The molecule has 0 saturated heterocycles. The maximum absolute atomic E-state index is 10.8. The average Bonchev–Trinajstić information content (AvgIpc) is 2.03. The standard InChI is InChI=1S/C8H16NO2/c1-4-5-6-7-9(2)8(10)11-3/h1,4-7H2,2-3H3. The van der Waals surface area contributed by atoms with Gasteiger partial charge >= 0.3 is 6.09 Å². The Morgan fingerprint density at radius 2 is 2.18 bits per heavy atom. The van der Waals surface area contributed by atoms with Crippen LogP contribution in [0.1, 0.15) is 19.3 Å². The van der Waals surface area contributed by atoms with E-state index in [0.29, 0.717) is 0 Å². The lowest BCUT2D eigenvalue weighted by molar-refractivity contribution is 0.133. The highest BCUT2D eigenvalue weighted by Gasteiger charge is 2.05. The summed E-state index contributed by atoms with van der Waals surface area (Å²) in [5.41, 5.74) is 0. The van der Waals surface area contributed by atoms with Crippen molar-refractivity contribution in [3.63, 3.8) is 0 Å². The Morgan fingerprint density at radius 3 is 2.64 bits per heavy atom. The molecule has 1 radical (unpaired) electrons. The molecule has 0 aromatic rings. The highest BCUT2D eigenvalue weighted by Crippen LogP contribution is 1.96. The number of rotatable bonds is 4. The fraction of sp³-hybridized carbons (Fsp3) is 0.750. The normalized spacial score (nSPS) is 9.36. The molecule has 1 amide bonds. The number of amides is 1. The summed E-state index contributed by atoms with van der Waals surface area (Å²) in [5, 5.41) is 0. The summed E-state index contributed by atoms with van der Waals surface area (Å²) >= 11 is 0. The first kappa shape index (κ1) is 10.3. The van der Waals surface area contributed by atoms with E-state index in [-0.39, 0.29) is 6.09 Å². The Kier molecular flexibility index (Phi) is 5.61. The second-order valence-corrected chi connectivity index (χ2v) is 2.45. The summed E-state index contributed by atoms with van der Waals surface area (Å²) in [7, 11) is 3.12. The van der Waals surface area contributed by atoms with Crippen LogP contribution >= 0.6 is 0 Å². The molecule has 3 nitrogen and oxygen atoms in total. The van der Waals surface area contributed by atoms with Crippen LogP contribution in [0.4, 0.5) is 4.79 Å². The van der Waals surface area contributed by atoms with Crippen molar-refractivity contribution in [2.75, 3.05) is 20.7 Å². The average molecular weight is 158 g/mol. The Balaban J connectivity index is 3.36. The van der Waals surface area contributed by atoms with E-state index in [9.17, 15) is 4.79 Å². The third-order valence-corrected chi connectivity index (χ3v) is 1.48. The zero-order chi connectivity index (χ0) is 8.69. The molecule has 0 fully saturated rings. The first-order valence-corrected chi connectivity index (χ1v) is 3.80. The van der Waals surface area contributed by atoms with Crippen LogP contribution in [0.2, 0.25) is 0 Å². The van der Waals surface area contributed by atoms with Crippen molar-refractivity contribution in [2.24, 2.45) is 0 Å². The van der Waals surface area contributed by atoms with Gasteiger partial charge in [-0.05, 0) is 6.42 Å². The van der Waals surface area contributed by atoms with Crippen LogP contribution in [0.3, 0.4) is 0 Å². The minimum atomic E-state index is -0.269. The number of ether oxygens (including phenoxy) is 1. The molecule has 0 aliphatic carbocycles. The van der Waals surface area contributed by atoms with Crippen molar-refractivity contribution in [1.29, 1.82) is 0 Å². The predicted molar refractivity (Wildman–Crippen MR) is 44.2 cm³/mol. The van der Waals surface area contributed by atoms with Gasteiger partial charge in [-0.15, -0.1) is 0 Å². The molecule has 0 bridgehead atoms. The molecule has 0 saturated carbocycles. The van der Waals surface area contributed by atoms with Crippen LogP contribution in [0.5, 0.6) is 0 Å². The molecule has 0 unspecified atom stereocenters. The van der Waals surface area contributed by atoms with Crippen LogP contribution in [0.25, 0.3) is 0 Å². The third-order valence-electron chi connectivity index (χ3n) is 1.48. The summed E-state index contributed by atoms with van der Waals surface area (Å²) < 4.78 is 4.51. The van der Waals surface area contributed by atoms with Gasteiger partial charge in [-0.3, -0.25) is 0 Å². The first-order valence-electron chi connectivity index (χ1n) is 3.80. The van der Waals surface area contributed by atoms with E-state index in [1.54, 1.807) is 11.9 Å². The maximum atomic E-state index is 10.8. The number of carbonyl (C=O) groups excluding carboxylic acids is 1. The molecule has 0 aliphatic rings. The van der Waals surface area contributed by atoms with Gasteiger partial charge in [-0.2, -0.15) is 0 Å². The van der Waals surface area contributed by atoms with Gasteiger partial charge in [0.25, 0.3) is 0 Å². The van der Waals surface area contributed by atoms with Gasteiger partial charge in [0.15, 0.2) is 0 Å². The summed E-state index contributed by atoms with van der Waals surface area (Å²) in [6.45, 7) is 4.47. The zero-order valence-corrected chi connectivity index (χ0v) is 7.30. The van der Waals surface area contributed by atoms with E-state index in [2.05, 4.69) is 11.7 Å². The summed E-state index contributed by atoms with van der Waals surface area (Å²) in [4.78, 5) is 12.4. The molecule has 0 spiro atoms. The van der Waals surface area contributed by atoms with E-state index < -0.39 is 0 Å². The second kappa shape index (κ2) is 6.01. The molecule has 0 aliphatic heterocycles. The highest BCUT2D eigenvalue weighted by atomic mass is 16.5. The van der Waals surface area contributed by atoms with Gasteiger partial charge in [0.1, 0.15) is 0 Å². The number of carbonyl (C=O) groups is 1. The molecule has 3 heteroatoms. The summed E-state index contributed by atoms with van der Waals surface area (Å²) in [6, 6.07) is 0. The quantitative estimate of drug-likeness (QED) is 0.583. The van der Waals surface area contributed by atoms with E-state index in [0.717, 1.165) is 25.8 Å². The highest BCUT2D eigenvalue weighted by molar-refractivity contribution is 5.66. The van der Waals surface area contributed by atoms with Gasteiger partial charge in [0, 0.05) is 13.6 Å². The molecule has 0 heterocycles. The molecule has 0 atom stereocenters. The number of nitrogens with zero attached hydrogens (tertiary/aromatic N) is 1. The third kappa shape index (κ3) is 4.65. The molecular weight excluding hydrogens is 142 g/mol. The van der Waals surface area contributed by atoms with Gasteiger partial charge in [-0.25, -0.2) is 4.79 Å². The lowest BCUT2D eigenvalue weighted by Gasteiger charge is -2.14. The number of hydrogen-bond acceptors (Lipinski definition) is 2. The maximum Gasteiger partial charge on any atom is 0.409 e. The Hall–Kier alpha value is -0.730. The van der Waals surface area contributed by atoms with Gasteiger partial charge in [0.2, 0.25) is 0 Å². The topological polar surface area (TPSA) is 29.5 Å². The van der Waals surface area contributed by atoms with Crippen molar-refractivity contribution >= 4 is 6.09 Å². The van der Waals surface area contributed by atoms with Gasteiger partial charge < -0.3 is 9.64 Å². The number of hydrogen-bond donors (Lipinski definition) is 0. The summed E-state index contributed by atoms with van der Waals surface area (Å²) in [5.74, 6) is 0. The Morgan fingerprint density at radius 1 is 1.55 bits per heavy atom. The van der Waals surface area contributed by atoms with Crippen LogP contribution in [0, 0.1) is 6.92 Å².